The van der Waals surface area contributed by atoms with E-state index >= 15 is 0 Å². The third-order valence-electron chi connectivity index (χ3n) is 4.17. The Labute approximate surface area is 169 Å². The minimum Gasteiger partial charge on any atom is -0.492 e. The monoisotopic (exact) mass is 421 g/mol. The van der Waals surface area contributed by atoms with Crippen LogP contribution in [0.1, 0.15) is 42.3 Å². The quantitative estimate of drug-likeness (QED) is 0.702. The van der Waals surface area contributed by atoms with Gasteiger partial charge in [0.1, 0.15) is 22.4 Å². The maximum atomic E-state index is 12.9. The molecule has 0 atom stereocenters. The molecule has 150 valence electrons. The van der Waals surface area contributed by atoms with Gasteiger partial charge in [-0.05, 0) is 31.5 Å². The Balaban J connectivity index is 2.37. The molecular formula is C19H23N3O4S2. The Morgan fingerprint density at radius 2 is 1.96 bits per heavy atom. The van der Waals surface area contributed by atoms with Crippen molar-refractivity contribution in [1.82, 2.24) is 4.31 Å². The number of anilines is 1. The molecule has 0 fully saturated rings. The summed E-state index contributed by atoms with van der Waals surface area (Å²) in [5.74, 6) is -0.0728. The highest BCUT2D eigenvalue weighted by Crippen LogP contribution is 2.34. The zero-order chi connectivity index (χ0) is 20.9. The lowest BCUT2D eigenvalue weighted by atomic mass is 10.1. The normalized spacial score (nSPS) is 11.3. The number of ether oxygens (including phenoxy) is 1. The second kappa shape index (κ2) is 9.19. The van der Waals surface area contributed by atoms with E-state index in [1.54, 1.807) is 45.2 Å². The van der Waals surface area contributed by atoms with E-state index < -0.39 is 15.9 Å². The fourth-order valence-electron chi connectivity index (χ4n) is 2.70. The van der Waals surface area contributed by atoms with Crippen LogP contribution in [0.2, 0.25) is 0 Å². The zero-order valence-electron chi connectivity index (χ0n) is 16.3. The van der Waals surface area contributed by atoms with Gasteiger partial charge in [0, 0.05) is 24.0 Å². The smallest absolute Gasteiger partial charge is 0.256 e. The predicted molar refractivity (Wildman–Crippen MR) is 109 cm³/mol. The molecule has 1 N–H and O–H groups in total. The van der Waals surface area contributed by atoms with Crippen molar-refractivity contribution in [2.45, 2.75) is 32.6 Å². The van der Waals surface area contributed by atoms with Crippen LogP contribution >= 0.6 is 11.3 Å². The molecule has 0 aliphatic heterocycles. The summed E-state index contributed by atoms with van der Waals surface area (Å²) in [4.78, 5) is 12.8. The molecule has 1 aromatic carbocycles. The minimum absolute atomic E-state index is 0.102. The van der Waals surface area contributed by atoms with Crippen molar-refractivity contribution in [2.24, 2.45) is 0 Å². The number of rotatable bonds is 8. The largest absolute Gasteiger partial charge is 0.492 e. The highest BCUT2D eigenvalue weighted by molar-refractivity contribution is 7.89. The number of thiophene rings is 1. The Morgan fingerprint density at radius 1 is 1.29 bits per heavy atom. The molecule has 1 amide bonds. The van der Waals surface area contributed by atoms with Gasteiger partial charge in [0.2, 0.25) is 10.0 Å². The predicted octanol–water partition coefficient (Wildman–Crippen LogP) is 3.61. The van der Waals surface area contributed by atoms with Gasteiger partial charge in [0.25, 0.3) is 5.91 Å². The van der Waals surface area contributed by atoms with Gasteiger partial charge in [0.05, 0.1) is 11.5 Å². The van der Waals surface area contributed by atoms with Crippen LogP contribution in [-0.2, 0) is 10.0 Å². The van der Waals surface area contributed by atoms with Gasteiger partial charge < -0.3 is 10.1 Å². The first-order valence-corrected chi connectivity index (χ1v) is 11.2. The Morgan fingerprint density at radius 3 is 2.54 bits per heavy atom. The molecular weight excluding hydrogens is 398 g/mol. The van der Waals surface area contributed by atoms with Crippen LogP contribution in [0.25, 0.3) is 0 Å². The van der Waals surface area contributed by atoms with Crippen molar-refractivity contribution in [3.8, 4) is 11.8 Å². The number of nitrogens with one attached hydrogen (secondary N) is 1. The average molecular weight is 422 g/mol. The van der Waals surface area contributed by atoms with Gasteiger partial charge >= 0.3 is 0 Å². The van der Waals surface area contributed by atoms with Crippen LogP contribution in [0.5, 0.6) is 5.75 Å². The van der Waals surface area contributed by atoms with E-state index in [1.807, 2.05) is 6.07 Å². The molecule has 7 nitrogen and oxygen atoms in total. The summed E-state index contributed by atoms with van der Waals surface area (Å²) in [5.41, 5.74) is 1.02. The van der Waals surface area contributed by atoms with E-state index in [4.69, 9.17) is 4.74 Å². The number of carbonyl (C=O) groups is 1. The SMILES string of the molecule is CCOc1csc(NC(=O)c2ccc(C)c(S(=O)(=O)N(CC)CC)c2)c1C#N. The van der Waals surface area contributed by atoms with Crippen LogP contribution in [0.4, 0.5) is 5.00 Å². The summed E-state index contributed by atoms with van der Waals surface area (Å²) in [6, 6.07) is 6.58. The summed E-state index contributed by atoms with van der Waals surface area (Å²) < 4.78 is 32.4. The lowest BCUT2D eigenvalue weighted by Crippen LogP contribution is -2.31. The van der Waals surface area contributed by atoms with Crippen LogP contribution in [0.15, 0.2) is 28.5 Å². The summed E-state index contributed by atoms with van der Waals surface area (Å²) in [6.45, 7) is 8.13. The summed E-state index contributed by atoms with van der Waals surface area (Å²) >= 11 is 1.18. The lowest BCUT2D eigenvalue weighted by molar-refractivity contribution is 0.102. The third-order valence-corrected chi connectivity index (χ3v) is 7.24. The van der Waals surface area contributed by atoms with Gasteiger partial charge in [0.15, 0.2) is 0 Å². The van der Waals surface area contributed by atoms with E-state index in [1.165, 1.54) is 21.7 Å². The van der Waals surface area contributed by atoms with Gasteiger partial charge in [-0.3, -0.25) is 4.79 Å². The number of benzene rings is 1. The fourth-order valence-corrected chi connectivity index (χ4v) is 5.23. The molecule has 0 spiro atoms. The average Bonchev–Trinajstić information content (AvgIpc) is 3.04. The molecule has 0 bridgehead atoms. The van der Waals surface area contributed by atoms with Gasteiger partial charge in [-0.25, -0.2) is 8.42 Å². The molecule has 0 aliphatic rings. The molecule has 0 radical (unpaired) electrons. The van der Waals surface area contributed by atoms with E-state index in [-0.39, 0.29) is 16.0 Å². The topological polar surface area (TPSA) is 99.5 Å². The second-order valence-corrected chi connectivity index (χ2v) is 8.66. The maximum Gasteiger partial charge on any atom is 0.256 e. The van der Waals surface area contributed by atoms with Crippen molar-refractivity contribution < 1.29 is 17.9 Å². The number of sulfonamides is 1. The minimum atomic E-state index is -3.69. The van der Waals surface area contributed by atoms with Crippen LogP contribution < -0.4 is 10.1 Å². The van der Waals surface area contributed by atoms with Crippen molar-refractivity contribution >= 4 is 32.3 Å². The van der Waals surface area contributed by atoms with Crippen molar-refractivity contribution in [3.63, 3.8) is 0 Å². The van der Waals surface area contributed by atoms with Gasteiger partial charge in [-0.1, -0.05) is 19.9 Å². The first-order valence-electron chi connectivity index (χ1n) is 8.86. The van der Waals surface area contributed by atoms with Crippen LogP contribution in [-0.4, -0.2) is 38.3 Å². The third kappa shape index (κ3) is 4.35. The highest BCUT2D eigenvalue weighted by Gasteiger charge is 2.25. The Bertz CT molecular complexity index is 1000. The summed E-state index contributed by atoms with van der Waals surface area (Å²) in [6.07, 6.45) is 0. The van der Waals surface area contributed by atoms with Gasteiger partial charge in [-0.15, -0.1) is 11.3 Å². The molecule has 1 heterocycles. The second-order valence-electron chi connectivity index (χ2n) is 5.87. The first-order chi connectivity index (χ1) is 13.3. The van der Waals surface area contributed by atoms with Crippen LogP contribution in [0, 0.1) is 18.3 Å². The highest BCUT2D eigenvalue weighted by atomic mass is 32.2. The molecule has 0 aliphatic carbocycles. The number of carbonyl (C=O) groups excluding carboxylic acids is 1. The van der Waals surface area contributed by atoms with Crippen molar-refractivity contribution in [1.29, 1.82) is 5.26 Å². The lowest BCUT2D eigenvalue weighted by Gasteiger charge is -2.20. The van der Waals surface area contributed by atoms with E-state index in [0.29, 0.717) is 36.0 Å². The zero-order valence-corrected chi connectivity index (χ0v) is 17.9. The number of hydrogen-bond acceptors (Lipinski definition) is 6. The van der Waals surface area contributed by atoms with E-state index in [2.05, 4.69) is 5.32 Å². The maximum absolute atomic E-state index is 12.9. The van der Waals surface area contributed by atoms with Crippen molar-refractivity contribution in [2.75, 3.05) is 25.0 Å². The number of nitrogens with zero attached hydrogens (tertiary/aromatic N) is 2. The van der Waals surface area contributed by atoms with E-state index in [9.17, 15) is 18.5 Å². The molecule has 9 heteroatoms. The standard InChI is InChI=1S/C19H23N3O4S2/c1-5-22(6-2)28(24,25)17-10-14(9-8-13(17)4)18(23)21-19-15(11-20)16(12-27-19)26-7-3/h8-10,12H,5-7H2,1-4H3,(H,21,23). The van der Waals surface area contributed by atoms with Crippen LogP contribution in [0.3, 0.4) is 0 Å². The molecule has 2 rings (SSSR count). The molecule has 28 heavy (non-hydrogen) atoms. The first kappa shape index (κ1) is 21.9. The Kier molecular flexibility index (Phi) is 7.18. The number of nitriles is 1. The summed E-state index contributed by atoms with van der Waals surface area (Å²) in [5, 5.41) is 14.0. The molecule has 1 aromatic heterocycles. The number of hydrogen-bond donors (Lipinski definition) is 1. The number of aryl methyl sites for hydroxylation is 1. The molecule has 0 unspecified atom stereocenters. The van der Waals surface area contributed by atoms with Crippen molar-refractivity contribution in [3.05, 3.63) is 40.3 Å². The molecule has 0 saturated carbocycles. The van der Waals surface area contributed by atoms with E-state index in [0.717, 1.165) is 0 Å². The molecule has 2 aromatic rings. The van der Waals surface area contributed by atoms with Gasteiger partial charge in [-0.2, -0.15) is 9.57 Å². The fraction of sp³-hybridized carbons (Fsp3) is 0.368. The summed E-state index contributed by atoms with van der Waals surface area (Å²) in [7, 11) is -3.69. The Hall–Kier alpha value is -2.41. The number of amides is 1. The molecule has 0 saturated heterocycles.